The van der Waals surface area contributed by atoms with Crippen LogP contribution in [0, 0.1) is 0 Å². The van der Waals surface area contributed by atoms with E-state index in [1.807, 2.05) is 0 Å². The van der Waals surface area contributed by atoms with E-state index >= 15 is 0 Å². The average Bonchev–Trinajstić information content (AvgIpc) is 3.03. The summed E-state index contributed by atoms with van der Waals surface area (Å²) in [5.74, 6) is 0.514. The number of aromatic nitrogens is 2. The van der Waals surface area contributed by atoms with Crippen LogP contribution < -0.4 is 5.56 Å². The SMILES string of the molecule is CC(c1nc(C2CC2)c(Br)c(=O)[nH]1)S(C)(=O)=O. The van der Waals surface area contributed by atoms with E-state index in [1.54, 1.807) is 0 Å². The molecule has 0 spiro atoms. The molecule has 0 aliphatic heterocycles. The van der Waals surface area contributed by atoms with Crippen molar-refractivity contribution in [3.05, 3.63) is 26.3 Å². The Bertz CT molecular complexity index is 604. The summed E-state index contributed by atoms with van der Waals surface area (Å²) in [4.78, 5) is 18.5. The topological polar surface area (TPSA) is 79.9 Å². The van der Waals surface area contributed by atoms with Crippen LogP contribution in [0.3, 0.4) is 0 Å². The minimum atomic E-state index is -3.26. The maximum absolute atomic E-state index is 11.7. The molecule has 1 unspecified atom stereocenters. The number of hydrogen-bond acceptors (Lipinski definition) is 4. The van der Waals surface area contributed by atoms with Crippen molar-refractivity contribution in [1.82, 2.24) is 9.97 Å². The molecule has 2 rings (SSSR count). The number of sulfone groups is 1. The molecule has 0 bridgehead atoms. The maximum Gasteiger partial charge on any atom is 0.265 e. The predicted molar refractivity (Wildman–Crippen MR) is 67.8 cm³/mol. The standard InChI is InChI=1S/C10H13BrN2O3S/c1-5(17(2,15)16)9-12-8(6-3-4-6)7(11)10(14)13-9/h5-6H,3-4H2,1-2H3,(H,12,13,14). The summed E-state index contributed by atoms with van der Waals surface area (Å²) in [7, 11) is -3.26. The summed E-state index contributed by atoms with van der Waals surface area (Å²) in [6.07, 6.45) is 3.14. The molecule has 94 valence electrons. The monoisotopic (exact) mass is 320 g/mol. The summed E-state index contributed by atoms with van der Waals surface area (Å²) < 4.78 is 23.3. The average molecular weight is 321 g/mol. The van der Waals surface area contributed by atoms with Crippen molar-refractivity contribution in [2.45, 2.75) is 30.9 Å². The van der Waals surface area contributed by atoms with Crippen LogP contribution in [0.25, 0.3) is 0 Å². The van der Waals surface area contributed by atoms with Crippen molar-refractivity contribution >= 4 is 25.8 Å². The Hall–Kier alpha value is -0.690. The molecular formula is C10H13BrN2O3S. The Morgan fingerprint density at radius 1 is 1.47 bits per heavy atom. The molecule has 0 aromatic carbocycles. The molecule has 7 heteroatoms. The molecule has 1 aliphatic carbocycles. The zero-order valence-electron chi connectivity index (χ0n) is 9.53. The van der Waals surface area contributed by atoms with E-state index in [9.17, 15) is 13.2 Å². The van der Waals surface area contributed by atoms with Crippen LogP contribution in [-0.2, 0) is 9.84 Å². The molecule has 1 fully saturated rings. The predicted octanol–water partition coefficient (Wildman–Crippen LogP) is 1.52. The lowest BCUT2D eigenvalue weighted by Crippen LogP contribution is -2.20. The lowest BCUT2D eigenvalue weighted by molar-refractivity contribution is 0.588. The Balaban J connectivity index is 2.53. The Kier molecular flexibility index (Phi) is 3.15. The highest BCUT2D eigenvalue weighted by Gasteiger charge is 2.30. The molecule has 0 saturated heterocycles. The third kappa shape index (κ3) is 2.60. The number of hydrogen-bond donors (Lipinski definition) is 1. The summed E-state index contributed by atoms with van der Waals surface area (Å²) >= 11 is 3.20. The molecule has 17 heavy (non-hydrogen) atoms. The van der Waals surface area contributed by atoms with Crippen molar-refractivity contribution in [2.24, 2.45) is 0 Å². The van der Waals surface area contributed by atoms with Gasteiger partial charge in [-0.25, -0.2) is 13.4 Å². The van der Waals surface area contributed by atoms with Gasteiger partial charge in [-0.05, 0) is 35.7 Å². The fourth-order valence-corrected chi connectivity index (χ4v) is 2.55. The molecule has 1 aromatic rings. The van der Waals surface area contributed by atoms with Gasteiger partial charge in [-0.1, -0.05) is 0 Å². The maximum atomic E-state index is 11.7. The fourth-order valence-electron chi connectivity index (χ4n) is 1.52. The summed E-state index contributed by atoms with van der Waals surface area (Å²) in [5, 5.41) is -0.791. The van der Waals surface area contributed by atoms with Crippen LogP contribution in [0.5, 0.6) is 0 Å². The van der Waals surface area contributed by atoms with Crippen LogP contribution in [0.4, 0.5) is 0 Å². The van der Waals surface area contributed by atoms with Gasteiger partial charge in [0.15, 0.2) is 9.84 Å². The van der Waals surface area contributed by atoms with Gasteiger partial charge < -0.3 is 4.98 Å². The van der Waals surface area contributed by atoms with Crippen molar-refractivity contribution < 1.29 is 8.42 Å². The Morgan fingerprint density at radius 2 is 2.06 bits per heavy atom. The largest absolute Gasteiger partial charge is 0.308 e. The smallest absolute Gasteiger partial charge is 0.265 e. The van der Waals surface area contributed by atoms with E-state index in [-0.39, 0.29) is 17.3 Å². The minimum absolute atomic E-state index is 0.225. The third-order valence-electron chi connectivity index (χ3n) is 2.90. The lowest BCUT2D eigenvalue weighted by atomic mass is 10.2. The summed E-state index contributed by atoms with van der Waals surface area (Å²) in [6, 6.07) is 0. The third-order valence-corrected chi connectivity index (χ3v) is 5.17. The number of rotatable bonds is 3. The minimum Gasteiger partial charge on any atom is -0.308 e. The molecule has 1 aromatic heterocycles. The zero-order valence-corrected chi connectivity index (χ0v) is 11.9. The van der Waals surface area contributed by atoms with E-state index in [0.29, 0.717) is 10.2 Å². The molecule has 1 heterocycles. The van der Waals surface area contributed by atoms with E-state index in [1.165, 1.54) is 6.92 Å². The molecule has 1 saturated carbocycles. The van der Waals surface area contributed by atoms with Crippen LogP contribution in [0.2, 0.25) is 0 Å². The van der Waals surface area contributed by atoms with Crippen molar-refractivity contribution in [3.8, 4) is 0 Å². The zero-order chi connectivity index (χ0) is 12.8. The number of aromatic amines is 1. The highest BCUT2D eigenvalue weighted by atomic mass is 79.9. The van der Waals surface area contributed by atoms with Gasteiger partial charge in [-0.2, -0.15) is 0 Å². The molecule has 5 nitrogen and oxygen atoms in total. The second-order valence-electron chi connectivity index (χ2n) is 4.40. The Labute approximate surface area is 108 Å². The number of H-pyrrole nitrogens is 1. The van der Waals surface area contributed by atoms with E-state index in [4.69, 9.17) is 0 Å². The first kappa shape index (κ1) is 12.8. The van der Waals surface area contributed by atoms with Crippen LogP contribution in [0.15, 0.2) is 9.27 Å². The van der Waals surface area contributed by atoms with Gasteiger partial charge in [0.2, 0.25) is 0 Å². The molecule has 1 aliphatic rings. The highest BCUT2D eigenvalue weighted by molar-refractivity contribution is 9.10. The first-order chi connectivity index (χ1) is 7.80. The van der Waals surface area contributed by atoms with Crippen molar-refractivity contribution in [3.63, 3.8) is 0 Å². The second kappa shape index (κ2) is 4.20. The number of halogens is 1. The molecule has 1 N–H and O–H groups in total. The molecule has 0 amide bonds. The quantitative estimate of drug-likeness (QED) is 0.915. The van der Waals surface area contributed by atoms with Gasteiger partial charge >= 0.3 is 0 Å². The molecule has 0 radical (unpaired) electrons. The van der Waals surface area contributed by atoms with Crippen molar-refractivity contribution in [2.75, 3.05) is 6.26 Å². The first-order valence-electron chi connectivity index (χ1n) is 5.29. The summed E-state index contributed by atoms with van der Waals surface area (Å²) in [5.41, 5.74) is 0.367. The van der Waals surface area contributed by atoms with Gasteiger partial charge in [0.05, 0.1) is 5.69 Å². The first-order valence-corrected chi connectivity index (χ1v) is 8.04. The van der Waals surface area contributed by atoms with Crippen LogP contribution in [0.1, 0.15) is 42.5 Å². The van der Waals surface area contributed by atoms with Crippen molar-refractivity contribution in [1.29, 1.82) is 0 Å². The highest BCUT2D eigenvalue weighted by Crippen LogP contribution is 2.41. The van der Waals surface area contributed by atoms with Crippen LogP contribution >= 0.6 is 15.9 Å². The van der Waals surface area contributed by atoms with E-state index in [2.05, 4.69) is 25.9 Å². The normalized spacial score (nSPS) is 18.1. The van der Waals surface area contributed by atoms with E-state index in [0.717, 1.165) is 19.1 Å². The molecular weight excluding hydrogens is 308 g/mol. The van der Waals surface area contributed by atoms with Gasteiger partial charge in [-0.15, -0.1) is 0 Å². The summed E-state index contributed by atoms with van der Waals surface area (Å²) in [6.45, 7) is 1.53. The van der Waals surface area contributed by atoms with Gasteiger partial charge in [-0.3, -0.25) is 4.79 Å². The Morgan fingerprint density at radius 3 is 2.53 bits per heavy atom. The van der Waals surface area contributed by atoms with Gasteiger partial charge in [0.1, 0.15) is 15.5 Å². The fraction of sp³-hybridized carbons (Fsp3) is 0.600. The number of nitrogens with zero attached hydrogens (tertiary/aromatic N) is 1. The lowest BCUT2D eigenvalue weighted by Gasteiger charge is -2.10. The van der Waals surface area contributed by atoms with Gasteiger partial charge in [0, 0.05) is 12.2 Å². The van der Waals surface area contributed by atoms with E-state index < -0.39 is 15.1 Å². The second-order valence-corrected chi connectivity index (χ2v) is 7.56. The van der Waals surface area contributed by atoms with Gasteiger partial charge in [0.25, 0.3) is 5.56 Å². The van der Waals surface area contributed by atoms with Crippen LogP contribution in [-0.4, -0.2) is 24.6 Å². The number of nitrogens with one attached hydrogen (secondary N) is 1. The molecule has 1 atom stereocenters.